The smallest absolute Gasteiger partial charge is 0.218 e. The molecule has 1 fully saturated rings. The lowest BCUT2D eigenvalue weighted by Crippen LogP contribution is -2.36. The predicted octanol–water partition coefficient (Wildman–Crippen LogP) is 0.736. The van der Waals surface area contributed by atoms with E-state index in [4.69, 9.17) is 5.73 Å². The van der Waals surface area contributed by atoms with Crippen LogP contribution < -0.4 is 11.1 Å². The van der Waals surface area contributed by atoms with E-state index < -0.39 is 0 Å². The highest BCUT2D eigenvalue weighted by Crippen LogP contribution is 2.28. The van der Waals surface area contributed by atoms with E-state index in [0.29, 0.717) is 12.5 Å². The minimum absolute atomic E-state index is 0.216. The second-order valence-corrected chi connectivity index (χ2v) is 4.56. The Hall–Kier alpha value is -0.220. The Labute approximate surface area is 83.8 Å². The Balaban J connectivity index is 2.16. The number of nitrogens with one attached hydrogen (secondary N) is 1. The van der Waals surface area contributed by atoms with Gasteiger partial charge in [-0.15, -0.1) is 0 Å². The minimum atomic E-state index is -0.216. The van der Waals surface area contributed by atoms with Gasteiger partial charge in [0.2, 0.25) is 5.91 Å². The molecule has 1 rings (SSSR count). The van der Waals surface area contributed by atoms with Crippen LogP contribution in [0.5, 0.6) is 0 Å². The lowest BCUT2D eigenvalue weighted by Gasteiger charge is -2.18. The maximum Gasteiger partial charge on any atom is 0.218 e. The van der Waals surface area contributed by atoms with Gasteiger partial charge in [-0.25, -0.2) is 0 Å². The summed E-state index contributed by atoms with van der Waals surface area (Å²) in [6.45, 7) is 0.733. The molecule has 4 heteroatoms. The van der Waals surface area contributed by atoms with E-state index in [1.165, 1.54) is 19.3 Å². The van der Waals surface area contributed by atoms with Crippen LogP contribution in [0.1, 0.15) is 25.7 Å². The zero-order chi connectivity index (χ0) is 9.68. The fourth-order valence-corrected chi connectivity index (χ4v) is 2.79. The molecule has 3 N–H and O–H groups in total. The molecule has 1 saturated carbocycles. The van der Waals surface area contributed by atoms with E-state index in [9.17, 15) is 4.79 Å². The Bertz CT molecular complexity index is 175. The van der Waals surface area contributed by atoms with Gasteiger partial charge in [-0.3, -0.25) is 4.79 Å². The first kappa shape index (κ1) is 10.9. The molecule has 1 aliphatic carbocycles. The number of amides is 1. The van der Waals surface area contributed by atoms with Crippen LogP contribution in [0.4, 0.5) is 0 Å². The highest BCUT2D eigenvalue weighted by Gasteiger charge is 2.25. The van der Waals surface area contributed by atoms with Gasteiger partial charge in [-0.1, -0.05) is 6.42 Å². The standard InChI is InChI=1S/C9H18N2OS/c1-13-8-4-2-3-7(8)11-6-5-9(10)12/h7-8,11H,2-6H2,1H3,(H2,10,12). The number of rotatable bonds is 5. The molecule has 0 aromatic rings. The summed E-state index contributed by atoms with van der Waals surface area (Å²) in [5, 5.41) is 4.12. The molecule has 1 amide bonds. The Morgan fingerprint density at radius 2 is 2.38 bits per heavy atom. The quantitative estimate of drug-likeness (QED) is 0.691. The summed E-state index contributed by atoms with van der Waals surface area (Å²) >= 11 is 1.92. The molecule has 0 heterocycles. The molecule has 0 aliphatic heterocycles. The number of hydrogen-bond acceptors (Lipinski definition) is 3. The van der Waals surface area contributed by atoms with Crippen LogP contribution in [-0.4, -0.2) is 30.0 Å². The molecule has 13 heavy (non-hydrogen) atoms. The van der Waals surface area contributed by atoms with Gasteiger partial charge in [-0.05, 0) is 19.1 Å². The lowest BCUT2D eigenvalue weighted by molar-refractivity contribution is -0.117. The fraction of sp³-hybridized carbons (Fsp3) is 0.889. The predicted molar refractivity (Wildman–Crippen MR) is 56.8 cm³/mol. The number of carbonyl (C=O) groups excluding carboxylic acids is 1. The summed E-state index contributed by atoms with van der Waals surface area (Å²) in [7, 11) is 0. The summed E-state index contributed by atoms with van der Waals surface area (Å²) in [4.78, 5) is 10.5. The maximum absolute atomic E-state index is 10.5. The van der Waals surface area contributed by atoms with E-state index in [1.807, 2.05) is 11.8 Å². The van der Waals surface area contributed by atoms with Gasteiger partial charge in [0.1, 0.15) is 0 Å². The molecule has 1 aliphatic rings. The number of hydrogen-bond donors (Lipinski definition) is 2. The number of carbonyl (C=O) groups is 1. The molecule has 0 saturated heterocycles. The van der Waals surface area contributed by atoms with Crippen LogP contribution in [0.3, 0.4) is 0 Å². The van der Waals surface area contributed by atoms with Gasteiger partial charge >= 0.3 is 0 Å². The van der Waals surface area contributed by atoms with Crippen LogP contribution in [0.2, 0.25) is 0 Å². The SMILES string of the molecule is CSC1CCCC1NCCC(N)=O. The Morgan fingerprint density at radius 3 is 3.00 bits per heavy atom. The average Bonchev–Trinajstić information content (AvgIpc) is 2.51. The van der Waals surface area contributed by atoms with E-state index in [-0.39, 0.29) is 5.91 Å². The fourth-order valence-electron chi connectivity index (χ4n) is 1.82. The van der Waals surface area contributed by atoms with Crippen molar-refractivity contribution in [2.75, 3.05) is 12.8 Å². The Morgan fingerprint density at radius 1 is 1.62 bits per heavy atom. The summed E-state index contributed by atoms with van der Waals surface area (Å²) in [6.07, 6.45) is 6.45. The van der Waals surface area contributed by atoms with Crippen molar-refractivity contribution >= 4 is 17.7 Å². The zero-order valence-corrected chi connectivity index (χ0v) is 8.90. The third-order valence-corrected chi connectivity index (χ3v) is 3.70. The first-order valence-corrected chi connectivity index (χ1v) is 6.07. The van der Waals surface area contributed by atoms with Crippen molar-refractivity contribution in [1.29, 1.82) is 0 Å². The molecular formula is C9H18N2OS. The third kappa shape index (κ3) is 3.56. The van der Waals surface area contributed by atoms with Crippen LogP contribution in [0.15, 0.2) is 0 Å². The number of primary amides is 1. The summed E-state index contributed by atoms with van der Waals surface area (Å²) in [5.41, 5.74) is 5.06. The molecule has 0 aromatic carbocycles. The minimum Gasteiger partial charge on any atom is -0.370 e. The molecule has 3 nitrogen and oxygen atoms in total. The van der Waals surface area contributed by atoms with Crippen LogP contribution in [0.25, 0.3) is 0 Å². The van der Waals surface area contributed by atoms with Crippen molar-refractivity contribution in [1.82, 2.24) is 5.32 Å². The largest absolute Gasteiger partial charge is 0.370 e. The molecule has 0 aromatic heterocycles. The second kappa shape index (κ2) is 5.50. The summed E-state index contributed by atoms with van der Waals surface area (Å²) in [5.74, 6) is -0.216. The zero-order valence-electron chi connectivity index (χ0n) is 8.08. The molecular weight excluding hydrogens is 184 g/mol. The Kier molecular flexibility index (Phi) is 4.59. The maximum atomic E-state index is 10.5. The van der Waals surface area contributed by atoms with Crippen molar-refractivity contribution in [3.05, 3.63) is 0 Å². The van der Waals surface area contributed by atoms with E-state index >= 15 is 0 Å². The molecule has 2 atom stereocenters. The molecule has 76 valence electrons. The summed E-state index contributed by atoms with van der Waals surface area (Å²) in [6, 6.07) is 0.592. The monoisotopic (exact) mass is 202 g/mol. The van der Waals surface area contributed by atoms with Gasteiger partial charge in [-0.2, -0.15) is 11.8 Å². The molecule has 0 radical (unpaired) electrons. The first-order chi connectivity index (χ1) is 6.24. The van der Waals surface area contributed by atoms with Crippen molar-refractivity contribution in [3.8, 4) is 0 Å². The van der Waals surface area contributed by atoms with Crippen molar-refractivity contribution in [2.45, 2.75) is 37.0 Å². The van der Waals surface area contributed by atoms with Gasteiger partial charge in [0, 0.05) is 24.3 Å². The number of thioether (sulfide) groups is 1. The average molecular weight is 202 g/mol. The van der Waals surface area contributed by atoms with Crippen LogP contribution in [-0.2, 0) is 4.79 Å². The molecule has 0 bridgehead atoms. The van der Waals surface area contributed by atoms with Gasteiger partial charge in [0.15, 0.2) is 0 Å². The normalized spacial score (nSPS) is 27.8. The summed E-state index contributed by atoms with van der Waals surface area (Å²) < 4.78 is 0. The topological polar surface area (TPSA) is 55.1 Å². The molecule has 0 spiro atoms. The highest BCUT2D eigenvalue weighted by molar-refractivity contribution is 7.99. The van der Waals surface area contributed by atoms with Gasteiger partial charge < -0.3 is 11.1 Å². The van der Waals surface area contributed by atoms with Crippen LogP contribution >= 0.6 is 11.8 Å². The third-order valence-electron chi connectivity index (χ3n) is 2.53. The lowest BCUT2D eigenvalue weighted by atomic mass is 10.2. The van der Waals surface area contributed by atoms with E-state index in [2.05, 4.69) is 11.6 Å². The highest BCUT2D eigenvalue weighted by atomic mass is 32.2. The van der Waals surface area contributed by atoms with Gasteiger partial charge in [0.25, 0.3) is 0 Å². The first-order valence-electron chi connectivity index (χ1n) is 4.78. The van der Waals surface area contributed by atoms with E-state index in [0.717, 1.165) is 11.8 Å². The van der Waals surface area contributed by atoms with Crippen molar-refractivity contribution < 1.29 is 4.79 Å². The van der Waals surface area contributed by atoms with E-state index in [1.54, 1.807) is 0 Å². The van der Waals surface area contributed by atoms with Crippen LogP contribution in [0, 0.1) is 0 Å². The van der Waals surface area contributed by atoms with Crippen molar-refractivity contribution in [2.24, 2.45) is 5.73 Å². The van der Waals surface area contributed by atoms with Crippen molar-refractivity contribution in [3.63, 3.8) is 0 Å². The number of nitrogens with two attached hydrogens (primary N) is 1. The second-order valence-electron chi connectivity index (χ2n) is 3.48. The molecule has 2 unspecified atom stereocenters. The van der Waals surface area contributed by atoms with Gasteiger partial charge in [0.05, 0.1) is 0 Å².